The number of hydrogen-bond acceptors (Lipinski definition) is 6. The van der Waals surface area contributed by atoms with Gasteiger partial charge in [-0.25, -0.2) is 10.2 Å². The van der Waals surface area contributed by atoms with E-state index in [2.05, 4.69) is 15.8 Å². The van der Waals surface area contributed by atoms with Crippen molar-refractivity contribution in [2.45, 2.75) is 13.8 Å². The van der Waals surface area contributed by atoms with Gasteiger partial charge >= 0.3 is 17.8 Å². The molecule has 36 heavy (non-hydrogen) atoms. The Labute approximate surface area is 222 Å². The normalized spacial score (nSPS) is 10.7. The van der Waals surface area contributed by atoms with Crippen LogP contribution in [0.4, 0.5) is 5.69 Å². The van der Waals surface area contributed by atoms with Gasteiger partial charge in [0.25, 0.3) is 0 Å². The van der Waals surface area contributed by atoms with Gasteiger partial charge in [0.2, 0.25) is 0 Å². The molecule has 0 aliphatic carbocycles. The summed E-state index contributed by atoms with van der Waals surface area (Å²) < 4.78 is 11.0. The second-order valence-corrected chi connectivity index (χ2v) is 8.52. The van der Waals surface area contributed by atoms with Gasteiger partial charge in [-0.1, -0.05) is 40.9 Å². The SMILES string of the molecule is CCOc1cc(/C=N/NC(=O)C(=O)Nc2ccc(C)c(Cl)c2)ccc1OC(=O)c1ccc(Cl)cc1Cl. The van der Waals surface area contributed by atoms with Crippen molar-refractivity contribution in [3.8, 4) is 11.5 Å². The van der Waals surface area contributed by atoms with E-state index in [1.807, 2.05) is 6.92 Å². The highest BCUT2D eigenvalue weighted by Crippen LogP contribution is 2.30. The van der Waals surface area contributed by atoms with Crippen LogP contribution in [0.5, 0.6) is 11.5 Å². The molecule has 0 aromatic heterocycles. The zero-order valence-electron chi connectivity index (χ0n) is 19.1. The largest absolute Gasteiger partial charge is 0.490 e. The Kier molecular flexibility index (Phi) is 9.30. The molecule has 186 valence electrons. The zero-order chi connectivity index (χ0) is 26.2. The predicted octanol–water partition coefficient (Wildman–Crippen LogP) is 5.66. The van der Waals surface area contributed by atoms with E-state index in [1.165, 1.54) is 36.5 Å². The van der Waals surface area contributed by atoms with Gasteiger partial charge in [0, 0.05) is 15.7 Å². The van der Waals surface area contributed by atoms with Crippen molar-refractivity contribution in [3.05, 3.63) is 86.4 Å². The van der Waals surface area contributed by atoms with Gasteiger partial charge in [-0.05, 0) is 73.5 Å². The molecule has 0 bridgehead atoms. The van der Waals surface area contributed by atoms with Gasteiger partial charge in [0.05, 0.1) is 23.4 Å². The summed E-state index contributed by atoms with van der Waals surface area (Å²) >= 11 is 18.0. The molecular weight excluding hydrogens is 529 g/mol. The number of nitrogens with one attached hydrogen (secondary N) is 2. The summed E-state index contributed by atoms with van der Waals surface area (Å²) in [5, 5.41) is 7.23. The maximum Gasteiger partial charge on any atom is 0.345 e. The lowest BCUT2D eigenvalue weighted by Gasteiger charge is -2.12. The first-order chi connectivity index (χ1) is 17.2. The van der Waals surface area contributed by atoms with Crippen LogP contribution < -0.4 is 20.2 Å². The summed E-state index contributed by atoms with van der Waals surface area (Å²) in [4.78, 5) is 36.7. The number of nitrogens with zero attached hydrogens (tertiary/aromatic N) is 1. The second kappa shape index (κ2) is 12.4. The smallest absolute Gasteiger partial charge is 0.345 e. The quantitative estimate of drug-likeness (QED) is 0.130. The third-order valence-corrected chi connectivity index (χ3v) is 5.59. The summed E-state index contributed by atoms with van der Waals surface area (Å²) in [5.41, 5.74) is 4.01. The number of ether oxygens (including phenoxy) is 2. The number of rotatable bonds is 7. The molecule has 0 aliphatic heterocycles. The standard InChI is InChI=1S/C25H20Cl3N3O5/c1-3-35-22-10-15(5-9-21(22)36-25(34)18-8-6-16(26)11-20(18)28)13-29-31-24(33)23(32)30-17-7-4-14(2)19(27)12-17/h4-13H,3H2,1-2H3,(H,30,32)(H,31,33)/b29-13+. The zero-order valence-corrected chi connectivity index (χ0v) is 21.4. The molecule has 0 aliphatic rings. The molecule has 0 radical (unpaired) electrons. The van der Waals surface area contributed by atoms with Gasteiger partial charge in [0.15, 0.2) is 11.5 Å². The van der Waals surface area contributed by atoms with Crippen LogP contribution in [0.3, 0.4) is 0 Å². The molecule has 0 saturated heterocycles. The Balaban J connectivity index is 1.65. The Morgan fingerprint density at radius 3 is 2.39 bits per heavy atom. The first kappa shape index (κ1) is 27.0. The topological polar surface area (TPSA) is 106 Å². The van der Waals surface area contributed by atoms with Crippen molar-refractivity contribution >= 4 is 64.5 Å². The highest BCUT2D eigenvalue weighted by Gasteiger charge is 2.17. The molecule has 0 atom stereocenters. The molecule has 2 N–H and O–H groups in total. The molecular formula is C25H20Cl3N3O5. The fourth-order valence-corrected chi connectivity index (χ4v) is 3.51. The van der Waals surface area contributed by atoms with Crippen LogP contribution in [0.25, 0.3) is 0 Å². The summed E-state index contributed by atoms with van der Waals surface area (Å²) in [7, 11) is 0. The average Bonchev–Trinajstić information content (AvgIpc) is 2.83. The lowest BCUT2D eigenvalue weighted by Crippen LogP contribution is -2.32. The minimum Gasteiger partial charge on any atom is -0.490 e. The minimum absolute atomic E-state index is 0.142. The van der Waals surface area contributed by atoms with Gasteiger partial charge < -0.3 is 14.8 Å². The summed E-state index contributed by atoms with van der Waals surface area (Å²) in [6.07, 6.45) is 1.30. The molecule has 0 fully saturated rings. The Morgan fingerprint density at radius 1 is 0.917 bits per heavy atom. The second-order valence-electron chi connectivity index (χ2n) is 7.27. The van der Waals surface area contributed by atoms with E-state index in [1.54, 1.807) is 31.2 Å². The lowest BCUT2D eigenvalue weighted by molar-refractivity contribution is -0.136. The maximum absolute atomic E-state index is 12.5. The third-order valence-electron chi connectivity index (χ3n) is 4.64. The molecule has 0 saturated carbocycles. The maximum atomic E-state index is 12.5. The van der Waals surface area contributed by atoms with Crippen molar-refractivity contribution in [1.29, 1.82) is 0 Å². The molecule has 3 aromatic rings. The van der Waals surface area contributed by atoms with E-state index in [-0.39, 0.29) is 22.1 Å². The number of halogens is 3. The highest BCUT2D eigenvalue weighted by atomic mass is 35.5. The van der Waals surface area contributed by atoms with Gasteiger partial charge in [0.1, 0.15) is 0 Å². The van der Waals surface area contributed by atoms with Crippen molar-refractivity contribution in [1.82, 2.24) is 5.43 Å². The summed E-state index contributed by atoms with van der Waals surface area (Å²) in [5.74, 6) is -2.15. The van der Waals surface area contributed by atoms with Crippen LogP contribution in [0.2, 0.25) is 15.1 Å². The first-order valence-corrected chi connectivity index (χ1v) is 11.7. The first-order valence-electron chi connectivity index (χ1n) is 10.5. The molecule has 0 heterocycles. The number of anilines is 1. The third kappa shape index (κ3) is 7.21. The van der Waals surface area contributed by atoms with E-state index < -0.39 is 17.8 Å². The number of carbonyl (C=O) groups is 3. The Morgan fingerprint density at radius 2 is 1.69 bits per heavy atom. The fourth-order valence-electron chi connectivity index (χ4n) is 2.84. The predicted molar refractivity (Wildman–Crippen MR) is 140 cm³/mol. The molecule has 2 amide bonds. The van der Waals surface area contributed by atoms with Gasteiger partial charge in [-0.2, -0.15) is 5.10 Å². The monoisotopic (exact) mass is 547 g/mol. The van der Waals surface area contributed by atoms with Crippen molar-refractivity contribution in [3.63, 3.8) is 0 Å². The van der Waals surface area contributed by atoms with E-state index in [0.29, 0.717) is 27.9 Å². The van der Waals surface area contributed by atoms with Crippen LogP contribution in [0, 0.1) is 6.92 Å². The summed E-state index contributed by atoms with van der Waals surface area (Å²) in [6, 6.07) is 13.9. The molecule has 8 nitrogen and oxygen atoms in total. The van der Waals surface area contributed by atoms with E-state index in [0.717, 1.165) is 5.56 Å². The highest BCUT2D eigenvalue weighted by molar-refractivity contribution is 6.40. The van der Waals surface area contributed by atoms with Crippen molar-refractivity contribution in [2.24, 2.45) is 5.10 Å². The average molecular weight is 549 g/mol. The number of benzene rings is 3. The number of hydrogen-bond donors (Lipinski definition) is 2. The van der Waals surface area contributed by atoms with Crippen LogP contribution >= 0.6 is 34.8 Å². The summed E-state index contributed by atoms with van der Waals surface area (Å²) in [6.45, 7) is 3.88. The number of hydrazone groups is 1. The Bertz CT molecular complexity index is 1340. The lowest BCUT2D eigenvalue weighted by atomic mass is 10.2. The van der Waals surface area contributed by atoms with Crippen molar-refractivity contribution in [2.75, 3.05) is 11.9 Å². The van der Waals surface area contributed by atoms with E-state index >= 15 is 0 Å². The Hall–Kier alpha value is -3.59. The van der Waals surface area contributed by atoms with Crippen LogP contribution in [0.15, 0.2) is 59.7 Å². The number of esters is 1. The van der Waals surface area contributed by atoms with Gasteiger partial charge in [-0.15, -0.1) is 0 Å². The molecule has 3 aromatic carbocycles. The molecule has 3 rings (SSSR count). The number of carbonyl (C=O) groups excluding carboxylic acids is 3. The van der Waals surface area contributed by atoms with Crippen LogP contribution in [0.1, 0.15) is 28.4 Å². The molecule has 0 unspecified atom stereocenters. The van der Waals surface area contributed by atoms with Crippen molar-refractivity contribution < 1.29 is 23.9 Å². The molecule has 11 heteroatoms. The van der Waals surface area contributed by atoms with Gasteiger partial charge in [-0.3, -0.25) is 9.59 Å². The van der Waals surface area contributed by atoms with Crippen LogP contribution in [-0.2, 0) is 9.59 Å². The number of amides is 2. The van der Waals surface area contributed by atoms with Crippen LogP contribution in [-0.4, -0.2) is 30.6 Å². The minimum atomic E-state index is -0.974. The molecule has 0 spiro atoms. The van der Waals surface area contributed by atoms with E-state index in [4.69, 9.17) is 44.3 Å². The van der Waals surface area contributed by atoms with E-state index in [9.17, 15) is 14.4 Å². The number of aryl methyl sites for hydroxylation is 1. The fraction of sp³-hybridized carbons (Fsp3) is 0.120.